The maximum atomic E-state index is 13.9. The summed E-state index contributed by atoms with van der Waals surface area (Å²) in [5, 5.41) is 22.2. The molecule has 0 aromatic heterocycles. The molecule has 0 amide bonds. The lowest BCUT2D eigenvalue weighted by Gasteiger charge is -2.57. The molecule has 5 nitrogen and oxygen atoms in total. The summed E-state index contributed by atoms with van der Waals surface area (Å²) in [4.78, 5) is 0.150. The van der Waals surface area contributed by atoms with Crippen molar-refractivity contribution in [3.63, 3.8) is 0 Å². The lowest BCUT2D eigenvalue weighted by molar-refractivity contribution is -0.163. The van der Waals surface area contributed by atoms with Crippen molar-refractivity contribution in [3.05, 3.63) is 65.5 Å². The van der Waals surface area contributed by atoms with Crippen LogP contribution < -0.4 is 0 Å². The van der Waals surface area contributed by atoms with Crippen molar-refractivity contribution in [2.45, 2.75) is 68.7 Å². The highest BCUT2D eigenvalue weighted by molar-refractivity contribution is 7.89. The fraction of sp³-hybridized carbons (Fsp3) is 0.478. The highest BCUT2D eigenvalue weighted by atomic mass is 32.2. The quantitative estimate of drug-likeness (QED) is 0.776. The Balaban J connectivity index is 1.90. The van der Waals surface area contributed by atoms with Crippen LogP contribution in [0.2, 0.25) is 0 Å². The van der Waals surface area contributed by atoms with E-state index in [1.54, 1.807) is 24.3 Å². The van der Waals surface area contributed by atoms with Crippen LogP contribution in [0.15, 0.2) is 53.4 Å². The summed E-state index contributed by atoms with van der Waals surface area (Å²) < 4.78 is 42.7. The number of hydrogen-bond donors (Lipinski definition) is 2. The third kappa shape index (κ3) is 3.38. The third-order valence-corrected chi connectivity index (χ3v) is 8.82. The van der Waals surface area contributed by atoms with Crippen LogP contribution in [0.4, 0.5) is 4.39 Å². The first-order valence-electron chi connectivity index (χ1n) is 10.4. The highest BCUT2D eigenvalue weighted by Crippen LogP contribution is 2.52. The van der Waals surface area contributed by atoms with Crippen molar-refractivity contribution in [2.24, 2.45) is 5.41 Å². The van der Waals surface area contributed by atoms with E-state index < -0.39 is 45.5 Å². The van der Waals surface area contributed by atoms with Crippen LogP contribution >= 0.6 is 0 Å². The Morgan fingerprint density at radius 1 is 1.03 bits per heavy atom. The molecule has 0 bridgehead atoms. The number of halogens is 1. The van der Waals surface area contributed by atoms with Gasteiger partial charge in [-0.3, -0.25) is 0 Å². The van der Waals surface area contributed by atoms with Crippen molar-refractivity contribution < 1.29 is 23.0 Å². The number of aliphatic hydroxyl groups is 2. The van der Waals surface area contributed by atoms with Gasteiger partial charge < -0.3 is 10.2 Å². The summed E-state index contributed by atoms with van der Waals surface area (Å²) >= 11 is 0. The van der Waals surface area contributed by atoms with E-state index in [-0.39, 0.29) is 4.90 Å². The fourth-order valence-corrected chi connectivity index (χ4v) is 7.11. The van der Waals surface area contributed by atoms with Gasteiger partial charge in [0.2, 0.25) is 10.0 Å². The minimum Gasteiger partial charge on any atom is -0.390 e. The van der Waals surface area contributed by atoms with Gasteiger partial charge in [-0.25, -0.2) is 12.8 Å². The Bertz CT molecular complexity index is 1010. The minimum atomic E-state index is -3.98. The van der Waals surface area contributed by atoms with E-state index in [4.69, 9.17) is 0 Å². The maximum Gasteiger partial charge on any atom is 0.243 e. The van der Waals surface area contributed by atoms with E-state index in [0.717, 1.165) is 18.4 Å². The molecule has 2 aromatic carbocycles. The van der Waals surface area contributed by atoms with Crippen LogP contribution in [-0.4, -0.2) is 41.2 Å². The number of rotatable bonds is 3. The number of piperidine rings is 1. The largest absolute Gasteiger partial charge is 0.390 e. The predicted octanol–water partition coefficient (Wildman–Crippen LogP) is 3.55. The molecular weight excluding hydrogens is 405 g/mol. The Kier molecular flexibility index (Phi) is 5.51. The van der Waals surface area contributed by atoms with Crippen LogP contribution in [0, 0.1) is 18.2 Å². The van der Waals surface area contributed by atoms with Crippen LogP contribution in [0.1, 0.15) is 49.8 Å². The zero-order valence-corrected chi connectivity index (χ0v) is 18.0. The number of nitrogens with zero attached hydrogens (tertiary/aromatic N) is 1. The normalized spacial score (nSPS) is 32.6. The first-order valence-corrected chi connectivity index (χ1v) is 11.8. The summed E-state index contributed by atoms with van der Waals surface area (Å²) in [6.45, 7) is 3.75. The fourth-order valence-electron chi connectivity index (χ4n) is 5.16. The molecule has 5 atom stereocenters. The molecule has 0 spiro atoms. The lowest BCUT2D eigenvalue weighted by Crippen LogP contribution is -2.66. The Morgan fingerprint density at radius 2 is 1.67 bits per heavy atom. The topological polar surface area (TPSA) is 77.8 Å². The predicted molar refractivity (Wildman–Crippen MR) is 112 cm³/mol. The molecule has 2 aliphatic rings. The molecule has 0 radical (unpaired) electrons. The summed E-state index contributed by atoms with van der Waals surface area (Å²) in [6, 6.07) is 10.6. The number of aliphatic hydroxyl groups excluding tert-OH is 2. The molecule has 7 heteroatoms. The summed E-state index contributed by atoms with van der Waals surface area (Å²) in [6.07, 6.45) is 0.544. The second-order valence-electron chi connectivity index (χ2n) is 8.85. The molecule has 2 fully saturated rings. The van der Waals surface area contributed by atoms with Gasteiger partial charge in [0.25, 0.3) is 0 Å². The van der Waals surface area contributed by atoms with Gasteiger partial charge in [0, 0.05) is 11.5 Å². The molecule has 1 aliphatic carbocycles. The van der Waals surface area contributed by atoms with E-state index in [1.807, 2.05) is 13.8 Å². The van der Waals surface area contributed by atoms with Gasteiger partial charge in [-0.1, -0.05) is 49.6 Å². The molecule has 30 heavy (non-hydrogen) atoms. The van der Waals surface area contributed by atoms with E-state index >= 15 is 0 Å². The van der Waals surface area contributed by atoms with Crippen molar-refractivity contribution in [3.8, 4) is 0 Å². The standard InChI is InChI=1S/C23H28FNO4S/c1-15-6-12-18(13-7-15)30(28,29)25-19-5-3-4-14-23(19,2)22(27)21(26)20(25)16-8-10-17(24)11-9-16/h6-13,19-22,26-27H,3-5,14H2,1-2H3/t19-,20+,21+,22+,23-/m1/s1. The molecule has 1 saturated heterocycles. The average Bonchev–Trinajstić information content (AvgIpc) is 2.72. The van der Waals surface area contributed by atoms with Gasteiger partial charge >= 0.3 is 0 Å². The van der Waals surface area contributed by atoms with E-state index in [2.05, 4.69) is 0 Å². The van der Waals surface area contributed by atoms with E-state index in [1.165, 1.54) is 28.6 Å². The number of fused-ring (bicyclic) bond motifs is 1. The molecule has 2 N–H and O–H groups in total. The lowest BCUT2D eigenvalue weighted by atomic mass is 9.63. The van der Waals surface area contributed by atoms with Crippen molar-refractivity contribution in [1.29, 1.82) is 0 Å². The van der Waals surface area contributed by atoms with E-state index in [9.17, 15) is 23.0 Å². The molecule has 1 heterocycles. The number of sulfonamides is 1. The first kappa shape index (κ1) is 21.4. The van der Waals surface area contributed by atoms with Crippen LogP contribution in [0.5, 0.6) is 0 Å². The number of aryl methyl sites for hydroxylation is 1. The van der Waals surface area contributed by atoms with Crippen LogP contribution in [-0.2, 0) is 10.0 Å². The molecule has 4 rings (SSSR count). The minimum absolute atomic E-state index is 0.150. The van der Waals surface area contributed by atoms with Gasteiger partial charge in [-0.05, 0) is 49.6 Å². The van der Waals surface area contributed by atoms with Crippen molar-refractivity contribution in [1.82, 2.24) is 4.31 Å². The molecule has 1 aliphatic heterocycles. The van der Waals surface area contributed by atoms with Crippen molar-refractivity contribution >= 4 is 10.0 Å². The van der Waals surface area contributed by atoms with Crippen LogP contribution in [0.25, 0.3) is 0 Å². The zero-order chi connectivity index (χ0) is 21.7. The molecular formula is C23H28FNO4S. The average molecular weight is 434 g/mol. The maximum absolute atomic E-state index is 13.9. The number of benzene rings is 2. The summed E-state index contributed by atoms with van der Waals surface area (Å²) in [5.74, 6) is -0.444. The third-order valence-electron chi connectivity index (χ3n) is 6.92. The Labute approximate surface area is 177 Å². The second kappa shape index (κ2) is 7.71. The van der Waals surface area contributed by atoms with Crippen molar-refractivity contribution in [2.75, 3.05) is 0 Å². The monoisotopic (exact) mass is 433 g/mol. The SMILES string of the molecule is Cc1ccc(S(=O)(=O)N2[C@@H](c3ccc(F)cc3)[C@H](O)[C@H](O)[C@]3(C)CCCC[C@@H]23)cc1. The smallest absolute Gasteiger partial charge is 0.243 e. The van der Waals surface area contributed by atoms with Gasteiger partial charge in [-0.15, -0.1) is 0 Å². The molecule has 162 valence electrons. The Morgan fingerprint density at radius 3 is 2.30 bits per heavy atom. The van der Waals surface area contributed by atoms with E-state index in [0.29, 0.717) is 18.4 Å². The number of hydrogen-bond acceptors (Lipinski definition) is 4. The van der Waals surface area contributed by atoms with Crippen LogP contribution in [0.3, 0.4) is 0 Å². The Hall–Kier alpha value is -1.80. The van der Waals surface area contributed by atoms with Gasteiger partial charge in [0.15, 0.2) is 0 Å². The molecule has 2 aromatic rings. The van der Waals surface area contributed by atoms with Gasteiger partial charge in [0.05, 0.1) is 17.0 Å². The molecule has 0 unspecified atom stereocenters. The first-order chi connectivity index (χ1) is 14.2. The zero-order valence-electron chi connectivity index (χ0n) is 17.2. The second-order valence-corrected chi connectivity index (χ2v) is 10.7. The van der Waals surface area contributed by atoms with Gasteiger partial charge in [-0.2, -0.15) is 4.31 Å². The van der Waals surface area contributed by atoms with Gasteiger partial charge in [0.1, 0.15) is 11.9 Å². The summed E-state index contributed by atoms with van der Waals surface area (Å²) in [5.41, 5.74) is 0.651. The summed E-state index contributed by atoms with van der Waals surface area (Å²) in [7, 11) is -3.98. The highest BCUT2D eigenvalue weighted by Gasteiger charge is 2.59. The molecule has 1 saturated carbocycles.